The maximum absolute atomic E-state index is 12.3. The number of hydrogen-bond donors (Lipinski definition) is 3. The van der Waals surface area contributed by atoms with Crippen LogP contribution in [0, 0.1) is 0 Å². The zero-order chi connectivity index (χ0) is 16.6. The number of carbonyl (C=O) groups excluding carboxylic acids is 1. The minimum atomic E-state index is -3.80. The Hall–Kier alpha value is -1.35. The SMILES string of the molecule is CCCNCCNS(=O)(=O)c1cc(Cl)ccc1OCC(N)=O. The Bertz CT molecular complexity index is 607. The smallest absolute Gasteiger partial charge is 0.255 e. The highest BCUT2D eigenvalue weighted by atomic mass is 35.5. The largest absolute Gasteiger partial charge is 0.482 e. The number of ether oxygens (including phenoxy) is 1. The van der Waals surface area contributed by atoms with Crippen LogP contribution in [0.1, 0.15) is 13.3 Å². The normalized spacial score (nSPS) is 11.4. The summed E-state index contributed by atoms with van der Waals surface area (Å²) in [5.41, 5.74) is 4.99. The average molecular weight is 350 g/mol. The van der Waals surface area contributed by atoms with Gasteiger partial charge in [0, 0.05) is 18.1 Å². The van der Waals surface area contributed by atoms with Crippen molar-refractivity contribution in [3.8, 4) is 5.75 Å². The van der Waals surface area contributed by atoms with Crippen LogP contribution in [0.3, 0.4) is 0 Å². The fourth-order valence-corrected chi connectivity index (χ4v) is 3.05. The summed E-state index contributed by atoms with van der Waals surface area (Å²) in [6, 6.07) is 4.12. The van der Waals surface area contributed by atoms with Crippen molar-refractivity contribution in [1.29, 1.82) is 0 Å². The first kappa shape index (κ1) is 18.7. The maximum Gasteiger partial charge on any atom is 0.255 e. The van der Waals surface area contributed by atoms with Crippen LogP contribution in [0.5, 0.6) is 5.75 Å². The lowest BCUT2D eigenvalue weighted by molar-refractivity contribution is -0.120. The van der Waals surface area contributed by atoms with Crippen molar-refractivity contribution in [3.05, 3.63) is 23.2 Å². The summed E-state index contributed by atoms with van der Waals surface area (Å²) in [4.78, 5) is 10.6. The van der Waals surface area contributed by atoms with Crippen molar-refractivity contribution in [3.63, 3.8) is 0 Å². The molecule has 0 radical (unpaired) electrons. The first-order valence-electron chi connectivity index (χ1n) is 6.78. The van der Waals surface area contributed by atoms with E-state index in [9.17, 15) is 13.2 Å². The Morgan fingerprint density at radius 1 is 1.32 bits per heavy atom. The Morgan fingerprint density at radius 3 is 2.68 bits per heavy atom. The number of hydrogen-bond acceptors (Lipinski definition) is 5. The van der Waals surface area contributed by atoms with Gasteiger partial charge in [0.15, 0.2) is 6.61 Å². The summed E-state index contributed by atoms with van der Waals surface area (Å²) in [5.74, 6) is -0.674. The van der Waals surface area contributed by atoms with Crippen LogP contribution in [-0.2, 0) is 14.8 Å². The van der Waals surface area contributed by atoms with Crippen molar-refractivity contribution >= 4 is 27.5 Å². The molecule has 1 amide bonds. The molecular weight excluding hydrogens is 330 g/mol. The molecule has 124 valence electrons. The van der Waals surface area contributed by atoms with E-state index in [1.165, 1.54) is 18.2 Å². The van der Waals surface area contributed by atoms with Crippen molar-refractivity contribution in [2.45, 2.75) is 18.2 Å². The Morgan fingerprint density at radius 2 is 2.05 bits per heavy atom. The van der Waals surface area contributed by atoms with Gasteiger partial charge in [-0.3, -0.25) is 4.79 Å². The van der Waals surface area contributed by atoms with Crippen LogP contribution in [0.25, 0.3) is 0 Å². The Labute approximate surface area is 135 Å². The van der Waals surface area contributed by atoms with E-state index in [1.807, 2.05) is 6.92 Å². The second kappa shape index (κ2) is 8.94. The summed E-state index contributed by atoms with van der Waals surface area (Å²) in [7, 11) is -3.80. The molecule has 0 aromatic heterocycles. The molecule has 0 atom stereocenters. The van der Waals surface area contributed by atoms with Crippen molar-refractivity contribution in [2.24, 2.45) is 5.73 Å². The summed E-state index contributed by atoms with van der Waals surface area (Å²) in [5, 5.41) is 3.33. The number of carbonyl (C=O) groups is 1. The number of benzene rings is 1. The number of sulfonamides is 1. The van der Waals surface area contributed by atoms with E-state index >= 15 is 0 Å². The molecule has 0 bridgehead atoms. The van der Waals surface area contributed by atoms with E-state index in [0.29, 0.717) is 6.54 Å². The van der Waals surface area contributed by atoms with Gasteiger partial charge in [0.2, 0.25) is 10.0 Å². The number of rotatable bonds is 10. The molecule has 0 fully saturated rings. The van der Waals surface area contributed by atoms with E-state index in [0.717, 1.165) is 13.0 Å². The standard InChI is InChI=1S/C13H20ClN3O4S/c1-2-5-16-6-7-17-22(19,20)12-8-10(14)3-4-11(12)21-9-13(15)18/h3-4,8,16-17H,2,5-7,9H2,1H3,(H2,15,18). The number of primary amides is 1. The molecule has 1 aromatic carbocycles. The van der Waals surface area contributed by atoms with Crippen LogP contribution >= 0.6 is 11.6 Å². The fraction of sp³-hybridized carbons (Fsp3) is 0.462. The van der Waals surface area contributed by atoms with Gasteiger partial charge in [0.1, 0.15) is 10.6 Å². The highest BCUT2D eigenvalue weighted by molar-refractivity contribution is 7.89. The lowest BCUT2D eigenvalue weighted by Gasteiger charge is -2.12. The van der Waals surface area contributed by atoms with Gasteiger partial charge in [0.25, 0.3) is 5.91 Å². The van der Waals surface area contributed by atoms with Gasteiger partial charge in [-0.15, -0.1) is 0 Å². The zero-order valence-electron chi connectivity index (χ0n) is 12.3. The second-order valence-corrected chi connectivity index (χ2v) is 6.67. The van der Waals surface area contributed by atoms with Crippen LogP contribution in [-0.4, -0.2) is 40.6 Å². The molecule has 7 nitrogen and oxygen atoms in total. The molecule has 1 rings (SSSR count). The van der Waals surface area contributed by atoms with E-state index in [-0.39, 0.29) is 22.2 Å². The van der Waals surface area contributed by atoms with Crippen molar-refractivity contribution < 1.29 is 17.9 Å². The molecule has 4 N–H and O–H groups in total. The molecule has 0 aliphatic carbocycles. The zero-order valence-corrected chi connectivity index (χ0v) is 13.8. The number of amides is 1. The number of nitrogens with one attached hydrogen (secondary N) is 2. The molecule has 0 heterocycles. The first-order valence-corrected chi connectivity index (χ1v) is 8.64. The van der Waals surface area contributed by atoms with E-state index < -0.39 is 22.5 Å². The fourth-order valence-electron chi connectivity index (χ4n) is 1.61. The van der Waals surface area contributed by atoms with Gasteiger partial charge in [-0.2, -0.15) is 0 Å². The lowest BCUT2D eigenvalue weighted by Crippen LogP contribution is -2.32. The van der Waals surface area contributed by atoms with Crippen molar-refractivity contribution in [1.82, 2.24) is 10.0 Å². The molecule has 22 heavy (non-hydrogen) atoms. The highest BCUT2D eigenvalue weighted by Crippen LogP contribution is 2.27. The molecule has 9 heteroatoms. The molecule has 0 unspecified atom stereocenters. The maximum atomic E-state index is 12.3. The van der Waals surface area contributed by atoms with E-state index in [1.54, 1.807) is 0 Å². The summed E-state index contributed by atoms with van der Waals surface area (Å²) >= 11 is 5.84. The van der Waals surface area contributed by atoms with Crippen molar-refractivity contribution in [2.75, 3.05) is 26.2 Å². The minimum Gasteiger partial charge on any atom is -0.482 e. The van der Waals surface area contributed by atoms with Gasteiger partial charge in [0.05, 0.1) is 0 Å². The first-order chi connectivity index (χ1) is 10.4. The molecular formula is C13H20ClN3O4S. The van der Waals surface area contributed by atoms with Gasteiger partial charge in [-0.05, 0) is 31.2 Å². The lowest BCUT2D eigenvalue weighted by atomic mass is 10.3. The molecule has 0 saturated carbocycles. The van der Waals surface area contributed by atoms with E-state index in [2.05, 4.69) is 10.0 Å². The summed E-state index contributed by atoms with van der Waals surface area (Å²) < 4.78 is 32.1. The predicted molar refractivity (Wildman–Crippen MR) is 84.5 cm³/mol. The van der Waals surface area contributed by atoms with Crippen LogP contribution in [0.15, 0.2) is 23.1 Å². The molecule has 1 aromatic rings. The Kier molecular flexibility index (Phi) is 7.60. The molecule has 0 spiro atoms. The minimum absolute atomic E-state index is 0.0252. The number of nitrogens with two attached hydrogens (primary N) is 1. The predicted octanol–water partition coefficient (Wildman–Crippen LogP) is 0.482. The van der Waals surface area contributed by atoms with Gasteiger partial charge >= 0.3 is 0 Å². The van der Waals surface area contributed by atoms with Crippen LogP contribution in [0.4, 0.5) is 0 Å². The average Bonchev–Trinajstić information content (AvgIpc) is 2.45. The highest BCUT2D eigenvalue weighted by Gasteiger charge is 2.20. The topological polar surface area (TPSA) is 111 Å². The quantitative estimate of drug-likeness (QED) is 0.532. The monoisotopic (exact) mass is 349 g/mol. The second-order valence-electron chi connectivity index (χ2n) is 4.49. The molecule has 0 aliphatic heterocycles. The van der Waals surface area contributed by atoms with Gasteiger partial charge < -0.3 is 15.8 Å². The number of halogens is 1. The third-order valence-electron chi connectivity index (χ3n) is 2.59. The third kappa shape index (κ3) is 6.18. The Balaban J connectivity index is 2.82. The summed E-state index contributed by atoms with van der Waals surface area (Å²) in [6.07, 6.45) is 0.964. The van der Waals surface area contributed by atoms with Gasteiger partial charge in [-0.1, -0.05) is 18.5 Å². The van der Waals surface area contributed by atoms with E-state index in [4.69, 9.17) is 22.1 Å². The molecule has 0 saturated heterocycles. The summed E-state index contributed by atoms with van der Waals surface area (Å²) in [6.45, 7) is 3.15. The van der Waals surface area contributed by atoms with Crippen LogP contribution in [0.2, 0.25) is 5.02 Å². The van der Waals surface area contributed by atoms with Crippen LogP contribution < -0.4 is 20.5 Å². The molecule has 0 aliphatic rings. The third-order valence-corrected chi connectivity index (χ3v) is 4.30. The van der Waals surface area contributed by atoms with Gasteiger partial charge in [-0.25, -0.2) is 13.1 Å².